The van der Waals surface area contributed by atoms with E-state index in [0.717, 1.165) is 24.2 Å². The first-order chi connectivity index (χ1) is 29.6. The fraction of sp³-hybridized carbons (Fsp3) is 0.696. The van der Waals surface area contributed by atoms with Gasteiger partial charge in [-0.2, -0.15) is 0 Å². The summed E-state index contributed by atoms with van der Waals surface area (Å²) in [5.74, 6) is -5.61. The highest BCUT2D eigenvalue weighted by atomic mass is 16.4. The summed E-state index contributed by atoms with van der Waals surface area (Å²) in [5.41, 5.74) is 1.18. The second kappa shape index (κ2) is 26.8. The molecule has 0 aromatic carbocycles. The van der Waals surface area contributed by atoms with Crippen LogP contribution in [0.15, 0.2) is 46.8 Å². The van der Waals surface area contributed by atoms with Crippen LogP contribution in [0, 0.1) is 5.92 Å². The molecule has 4 bridgehead atoms. The third-order valence-electron chi connectivity index (χ3n) is 12.2. The maximum atomic E-state index is 13.9. The van der Waals surface area contributed by atoms with E-state index >= 15 is 0 Å². The van der Waals surface area contributed by atoms with Gasteiger partial charge in [0.05, 0.1) is 19.3 Å². The van der Waals surface area contributed by atoms with Crippen LogP contribution in [0.2, 0.25) is 0 Å². The molecule has 348 valence electrons. The number of aliphatic hydroxyl groups is 3. The predicted octanol–water partition coefficient (Wildman–Crippen LogP) is 3.69. The number of unbranched alkanes of at least 4 members (excludes halogenated alkanes) is 13. The van der Waals surface area contributed by atoms with E-state index < -0.39 is 90.9 Å². The molecule has 3 aliphatic rings. The lowest BCUT2D eigenvalue weighted by molar-refractivity contribution is -0.143. The van der Waals surface area contributed by atoms with E-state index in [1.165, 1.54) is 97.6 Å². The Hall–Kier alpha value is -4.54. The number of carboxylic acid groups (broad SMARTS) is 1. The monoisotopic (exact) mass is 871 g/mol. The number of carboxylic acids is 1. The van der Waals surface area contributed by atoms with Crippen molar-refractivity contribution in [3.8, 4) is 0 Å². The Bertz CT molecular complexity index is 1660. The third kappa shape index (κ3) is 16.3. The zero-order valence-electron chi connectivity index (χ0n) is 37.6. The van der Waals surface area contributed by atoms with Gasteiger partial charge in [-0.05, 0) is 63.9 Å². The molecule has 0 spiro atoms. The number of aliphatic carboxylic acids is 1. The molecule has 5 amide bonds. The number of amides is 5. The first-order valence-corrected chi connectivity index (χ1v) is 22.8. The van der Waals surface area contributed by atoms with Crippen molar-refractivity contribution in [2.75, 3.05) is 33.8 Å². The predicted molar refractivity (Wildman–Crippen MR) is 236 cm³/mol. The Labute approximate surface area is 367 Å². The topological polar surface area (TPSA) is 238 Å². The Morgan fingerprint density at radius 2 is 1.47 bits per heavy atom. The van der Waals surface area contributed by atoms with Crippen LogP contribution >= 0.6 is 0 Å². The molecule has 16 heteroatoms. The lowest BCUT2D eigenvalue weighted by Crippen LogP contribution is -2.58. The normalized spacial score (nSPS) is 22.7. The summed E-state index contributed by atoms with van der Waals surface area (Å²) in [6.07, 6.45) is 22.5. The lowest BCUT2D eigenvalue weighted by Gasteiger charge is -2.36. The molecule has 2 aliphatic carbocycles. The number of aliphatic hydroxyl groups excluding tert-OH is 3. The number of nitrogens with zero attached hydrogens (tertiary/aromatic N) is 2. The SMILES string of the molecule is CCCCCCCCCCCCCCCCN(C)[C@H](CO)C(=O)N[C@H](C)C(=O)NCC(=O)N(C)[C@@H]1C(=O)N[C@@H](C)C(=O)N[C@H](C(=O)O)CC2=CC[C@H](O)C(=C2)C2=C(O)C=C[C@H]1C2. The summed E-state index contributed by atoms with van der Waals surface area (Å²) < 4.78 is 0. The molecule has 1 heterocycles. The van der Waals surface area contributed by atoms with Gasteiger partial charge in [0.1, 0.15) is 36.0 Å². The van der Waals surface area contributed by atoms with Gasteiger partial charge in [-0.3, -0.25) is 28.9 Å². The van der Waals surface area contributed by atoms with Gasteiger partial charge >= 0.3 is 5.97 Å². The van der Waals surface area contributed by atoms with E-state index in [9.17, 15) is 49.2 Å². The van der Waals surface area contributed by atoms with Crippen molar-refractivity contribution in [1.82, 2.24) is 31.1 Å². The van der Waals surface area contributed by atoms with Crippen molar-refractivity contribution >= 4 is 35.5 Å². The lowest BCUT2D eigenvalue weighted by atomic mass is 9.79. The largest absolute Gasteiger partial charge is 0.508 e. The maximum absolute atomic E-state index is 13.9. The summed E-state index contributed by atoms with van der Waals surface area (Å²) in [6, 6.07) is -5.77. The highest BCUT2D eigenvalue weighted by Crippen LogP contribution is 2.36. The van der Waals surface area contributed by atoms with Crippen LogP contribution in [-0.4, -0.2) is 136 Å². The molecule has 0 unspecified atom stereocenters. The molecular weight excluding hydrogens is 797 g/mol. The van der Waals surface area contributed by atoms with Gasteiger partial charge in [-0.15, -0.1) is 0 Å². The maximum Gasteiger partial charge on any atom is 0.326 e. The Morgan fingerprint density at radius 3 is 2.05 bits per heavy atom. The average molecular weight is 871 g/mol. The number of rotatable bonds is 24. The molecule has 0 fully saturated rings. The van der Waals surface area contributed by atoms with Crippen molar-refractivity contribution in [3.63, 3.8) is 0 Å². The van der Waals surface area contributed by atoms with Crippen molar-refractivity contribution < 1.29 is 49.2 Å². The molecule has 0 radical (unpaired) electrons. The van der Waals surface area contributed by atoms with Gasteiger partial charge in [0.25, 0.3) is 0 Å². The minimum Gasteiger partial charge on any atom is -0.508 e. The van der Waals surface area contributed by atoms with Gasteiger partial charge < -0.3 is 46.6 Å². The summed E-state index contributed by atoms with van der Waals surface area (Å²) in [4.78, 5) is 82.0. The molecule has 3 rings (SSSR count). The second-order valence-corrected chi connectivity index (χ2v) is 17.2. The minimum absolute atomic E-state index is 0.00639. The Balaban J connectivity index is 1.54. The van der Waals surface area contributed by atoms with Crippen LogP contribution in [0.1, 0.15) is 130 Å². The van der Waals surface area contributed by atoms with Crippen molar-refractivity contribution in [3.05, 3.63) is 46.8 Å². The fourth-order valence-corrected chi connectivity index (χ4v) is 8.24. The number of fused-ring (bicyclic) bond motifs is 4. The summed E-state index contributed by atoms with van der Waals surface area (Å²) in [6.45, 7) is 4.68. The van der Waals surface area contributed by atoms with Crippen molar-refractivity contribution in [2.45, 2.75) is 166 Å². The summed E-state index contributed by atoms with van der Waals surface area (Å²) >= 11 is 0. The van der Waals surface area contributed by atoms with E-state index in [4.69, 9.17) is 0 Å². The Morgan fingerprint density at radius 1 is 0.871 bits per heavy atom. The highest BCUT2D eigenvalue weighted by Gasteiger charge is 2.39. The van der Waals surface area contributed by atoms with Gasteiger partial charge in [0.2, 0.25) is 29.5 Å². The first kappa shape index (κ1) is 51.8. The first-order valence-electron chi connectivity index (χ1n) is 22.8. The van der Waals surface area contributed by atoms with Gasteiger partial charge in [0.15, 0.2) is 0 Å². The van der Waals surface area contributed by atoms with Crippen LogP contribution in [0.3, 0.4) is 0 Å². The van der Waals surface area contributed by atoms with Gasteiger partial charge in [-0.1, -0.05) is 109 Å². The number of carbonyl (C=O) groups is 6. The number of allylic oxidation sites excluding steroid dienone is 2. The fourth-order valence-electron chi connectivity index (χ4n) is 8.24. The molecule has 0 aromatic rings. The molecule has 62 heavy (non-hydrogen) atoms. The molecule has 0 aromatic heterocycles. The standard InChI is InChI=1S/C46H74N6O10/c1-6-7-8-9-10-11-12-13-14-15-16-17-18-19-24-51(4)37(29-53)44(59)48-30(2)42(57)47-28-40(56)52(5)41-33-21-23-39(55)35(27-33)34-25-32(20-22-38(34)54)26-36(46(61)62)50-43(58)31(3)49-45(41)60/h20-21,23,25,30-31,33,36-38,41,53-55H,6-19,22,24,26-29H2,1-5H3,(H,47,57)(H,48,59)(H,49,60)(H,50,58)(H,61,62)/t30-,31+,33+,36+,37-,38+,41+/m1/s1. The number of carbonyl (C=O) groups excluding carboxylic acids is 5. The van der Waals surface area contributed by atoms with Crippen LogP contribution in [-0.2, 0) is 28.8 Å². The van der Waals surface area contributed by atoms with Crippen molar-refractivity contribution in [2.24, 2.45) is 5.92 Å². The summed E-state index contributed by atoms with van der Waals surface area (Å²) in [5, 5.41) is 52.0. The minimum atomic E-state index is -1.35. The second-order valence-electron chi connectivity index (χ2n) is 17.2. The highest BCUT2D eigenvalue weighted by molar-refractivity contribution is 5.95. The van der Waals surface area contributed by atoms with Crippen LogP contribution in [0.4, 0.5) is 0 Å². The number of hydrogen-bond acceptors (Lipinski definition) is 10. The van der Waals surface area contributed by atoms with Crippen LogP contribution in [0.5, 0.6) is 0 Å². The van der Waals surface area contributed by atoms with E-state index in [1.807, 2.05) is 0 Å². The molecular formula is C46H74N6O10. The van der Waals surface area contributed by atoms with Gasteiger partial charge in [0, 0.05) is 25.0 Å². The van der Waals surface area contributed by atoms with Crippen molar-refractivity contribution in [1.29, 1.82) is 0 Å². The van der Waals surface area contributed by atoms with Crippen LogP contribution in [0.25, 0.3) is 0 Å². The molecule has 7 atom stereocenters. The Kier molecular flexibility index (Phi) is 22.4. The smallest absolute Gasteiger partial charge is 0.326 e. The average Bonchev–Trinajstić information content (AvgIpc) is 3.23. The van der Waals surface area contributed by atoms with Crippen LogP contribution < -0.4 is 21.3 Å². The molecule has 0 saturated heterocycles. The quantitative estimate of drug-likeness (QED) is 0.0652. The van der Waals surface area contributed by atoms with E-state index in [0.29, 0.717) is 23.3 Å². The molecule has 16 nitrogen and oxygen atoms in total. The molecule has 1 aliphatic heterocycles. The number of likely N-dealkylation sites (N-methyl/N-ethyl adjacent to an activating group) is 2. The molecule has 8 N–H and O–H groups in total. The van der Waals surface area contributed by atoms with E-state index in [1.54, 1.807) is 30.2 Å². The van der Waals surface area contributed by atoms with E-state index in [2.05, 4.69) is 28.2 Å². The molecule has 0 saturated carbocycles. The zero-order chi connectivity index (χ0) is 45.8. The number of nitrogens with one attached hydrogen (secondary N) is 4. The summed E-state index contributed by atoms with van der Waals surface area (Å²) in [7, 11) is 3.12. The number of hydrogen-bond donors (Lipinski definition) is 8. The third-order valence-corrected chi connectivity index (χ3v) is 12.2. The zero-order valence-corrected chi connectivity index (χ0v) is 37.6. The van der Waals surface area contributed by atoms with E-state index in [-0.39, 0.29) is 25.0 Å². The van der Waals surface area contributed by atoms with Gasteiger partial charge in [-0.25, -0.2) is 4.79 Å².